The number of hydrogen-bond donors (Lipinski definition) is 2. The van der Waals surface area contributed by atoms with Crippen LogP contribution in [0.3, 0.4) is 0 Å². The van der Waals surface area contributed by atoms with E-state index in [1.165, 1.54) is 18.4 Å². The van der Waals surface area contributed by atoms with E-state index in [0.717, 1.165) is 60.5 Å². The molecule has 1 aliphatic carbocycles. The number of nitrogens with one attached hydrogen (secondary N) is 2. The number of guanidine groups is 1. The Labute approximate surface area is 190 Å². The Balaban J connectivity index is 1.68. The molecule has 3 rings (SSSR count). The zero-order valence-electron chi connectivity index (χ0n) is 19.3. The molecule has 0 aliphatic heterocycles. The van der Waals surface area contributed by atoms with Gasteiger partial charge in [-0.3, -0.25) is 0 Å². The van der Waals surface area contributed by atoms with Crippen molar-refractivity contribution < 1.29 is 4.74 Å². The summed E-state index contributed by atoms with van der Waals surface area (Å²) in [5.74, 6) is 4.67. The summed E-state index contributed by atoms with van der Waals surface area (Å²) in [6.07, 6.45) is 8.39. The van der Waals surface area contributed by atoms with E-state index in [9.17, 15) is 0 Å². The molecule has 31 heavy (non-hydrogen) atoms. The lowest BCUT2D eigenvalue weighted by atomic mass is 10.1. The predicted octanol–water partition coefficient (Wildman–Crippen LogP) is 3.74. The van der Waals surface area contributed by atoms with Gasteiger partial charge in [-0.25, -0.2) is 4.99 Å². The highest BCUT2D eigenvalue weighted by atomic mass is 32.2. The summed E-state index contributed by atoms with van der Waals surface area (Å²) in [5.41, 5.74) is 2.34. The molecule has 8 heteroatoms. The monoisotopic (exact) mass is 444 g/mol. The summed E-state index contributed by atoms with van der Waals surface area (Å²) in [6.45, 7) is 6.08. The zero-order chi connectivity index (χ0) is 22.1. The summed E-state index contributed by atoms with van der Waals surface area (Å²) in [5, 5.41) is 15.2. The third-order valence-electron chi connectivity index (χ3n) is 5.64. The number of ether oxygens (including phenoxy) is 1. The van der Waals surface area contributed by atoms with Gasteiger partial charge in [0.1, 0.15) is 11.6 Å². The molecule has 1 aromatic carbocycles. The van der Waals surface area contributed by atoms with Crippen LogP contribution in [0.4, 0.5) is 0 Å². The highest BCUT2D eigenvalue weighted by molar-refractivity contribution is 7.98. The first-order chi connectivity index (χ1) is 15.1. The maximum Gasteiger partial charge on any atom is 0.191 e. The third kappa shape index (κ3) is 7.16. The smallest absolute Gasteiger partial charge is 0.191 e. The van der Waals surface area contributed by atoms with Crippen LogP contribution in [-0.4, -0.2) is 45.4 Å². The molecule has 0 amide bonds. The minimum absolute atomic E-state index is 0.339. The van der Waals surface area contributed by atoms with Gasteiger partial charge in [0.2, 0.25) is 0 Å². The van der Waals surface area contributed by atoms with Crippen LogP contribution in [0.5, 0.6) is 5.75 Å². The molecular formula is C23H36N6OS. The SMILES string of the molecule is CSCCCNC(=NCc1ccc(C)cc1OC1CCCC1)NCc1nnc(C)n1C. The molecule has 1 aromatic heterocycles. The standard InChI is InChI=1S/C23H36N6OS/c1-17-10-11-19(21(14-17)30-20-8-5-6-9-20)15-25-23(24-12-7-13-31-4)26-16-22-28-27-18(2)29(22)3/h10-11,14,20H,5-9,12-13,15-16H2,1-4H3,(H2,24,25,26). The van der Waals surface area contributed by atoms with Crippen LogP contribution in [0, 0.1) is 13.8 Å². The van der Waals surface area contributed by atoms with E-state index < -0.39 is 0 Å². The van der Waals surface area contributed by atoms with Crippen LogP contribution in [0.15, 0.2) is 23.2 Å². The Morgan fingerprint density at radius 2 is 2.03 bits per heavy atom. The average Bonchev–Trinajstić information content (AvgIpc) is 3.38. The molecule has 0 unspecified atom stereocenters. The number of aromatic nitrogens is 3. The van der Waals surface area contributed by atoms with Crippen molar-refractivity contribution in [3.05, 3.63) is 41.0 Å². The molecule has 0 radical (unpaired) electrons. The van der Waals surface area contributed by atoms with Crippen LogP contribution < -0.4 is 15.4 Å². The average molecular weight is 445 g/mol. The van der Waals surface area contributed by atoms with Crippen molar-refractivity contribution in [3.63, 3.8) is 0 Å². The summed E-state index contributed by atoms with van der Waals surface area (Å²) >= 11 is 1.86. The summed E-state index contributed by atoms with van der Waals surface area (Å²) in [6, 6.07) is 6.42. The molecule has 0 saturated heterocycles. The fourth-order valence-corrected chi connectivity index (χ4v) is 4.05. The molecule has 0 spiro atoms. The van der Waals surface area contributed by atoms with Gasteiger partial charge in [-0.15, -0.1) is 10.2 Å². The zero-order valence-corrected chi connectivity index (χ0v) is 20.1. The van der Waals surface area contributed by atoms with Gasteiger partial charge in [0.25, 0.3) is 0 Å². The van der Waals surface area contributed by atoms with Gasteiger partial charge in [0, 0.05) is 19.2 Å². The molecule has 1 fully saturated rings. The van der Waals surface area contributed by atoms with Gasteiger partial charge in [-0.2, -0.15) is 11.8 Å². The van der Waals surface area contributed by atoms with Crippen molar-refractivity contribution in [1.82, 2.24) is 25.4 Å². The second-order valence-electron chi connectivity index (χ2n) is 8.15. The summed E-state index contributed by atoms with van der Waals surface area (Å²) < 4.78 is 8.34. The molecule has 1 heterocycles. The lowest BCUT2D eigenvalue weighted by molar-refractivity contribution is 0.208. The largest absolute Gasteiger partial charge is 0.490 e. The van der Waals surface area contributed by atoms with E-state index in [0.29, 0.717) is 19.2 Å². The van der Waals surface area contributed by atoms with Crippen LogP contribution in [-0.2, 0) is 20.1 Å². The third-order valence-corrected chi connectivity index (χ3v) is 6.34. The quantitative estimate of drug-likeness (QED) is 0.330. The predicted molar refractivity (Wildman–Crippen MR) is 129 cm³/mol. The highest BCUT2D eigenvalue weighted by Gasteiger charge is 2.18. The van der Waals surface area contributed by atoms with Gasteiger partial charge in [0.15, 0.2) is 11.8 Å². The topological polar surface area (TPSA) is 76.4 Å². The Morgan fingerprint density at radius 1 is 1.23 bits per heavy atom. The fourth-order valence-electron chi connectivity index (χ4n) is 3.62. The van der Waals surface area contributed by atoms with Crippen molar-refractivity contribution in [2.24, 2.45) is 12.0 Å². The number of hydrogen-bond acceptors (Lipinski definition) is 5. The van der Waals surface area contributed by atoms with Gasteiger partial charge in [-0.05, 0) is 69.6 Å². The number of aliphatic imine (C=N–C) groups is 1. The minimum Gasteiger partial charge on any atom is -0.490 e. The molecule has 0 bridgehead atoms. The van der Waals surface area contributed by atoms with Crippen molar-refractivity contribution in [2.45, 2.75) is 65.1 Å². The van der Waals surface area contributed by atoms with Gasteiger partial charge < -0.3 is 19.9 Å². The van der Waals surface area contributed by atoms with Gasteiger partial charge in [0.05, 0.1) is 19.2 Å². The van der Waals surface area contributed by atoms with E-state index >= 15 is 0 Å². The molecular weight excluding hydrogens is 408 g/mol. The molecule has 2 N–H and O–H groups in total. The highest BCUT2D eigenvalue weighted by Crippen LogP contribution is 2.28. The number of nitrogens with zero attached hydrogens (tertiary/aromatic N) is 4. The maximum absolute atomic E-state index is 6.35. The van der Waals surface area contributed by atoms with E-state index in [-0.39, 0.29) is 0 Å². The first kappa shape index (κ1) is 23.4. The number of thioether (sulfide) groups is 1. The number of rotatable bonds is 10. The Hall–Kier alpha value is -2.22. The second-order valence-corrected chi connectivity index (χ2v) is 9.14. The second kappa shape index (κ2) is 12.0. The van der Waals surface area contributed by atoms with E-state index in [1.54, 1.807) is 0 Å². The van der Waals surface area contributed by atoms with Gasteiger partial charge >= 0.3 is 0 Å². The number of benzene rings is 1. The molecule has 170 valence electrons. The van der Waals surface area contributed by atoms with Crippen LogP contribution >= 0.6 is 11.8 Å². The van der Waals surface area contributed by atoms with E-state index in [2.05, 4.69) is 52.2 Å². The Bertz CT molecular complexity index is 860. The number of aryl methyl sites for hydroxylation is 2. The van der Waals surface area contributed by atoms with E-state index in [4.69, 9.17) is 9.73 Å². The first-order valence-electron chi connectivity index (χ1n) is 11.2. The molecule has 2 aromatic rings. The molecule has 1 saturated carbocycles. The van der Waals surface area contributed by atoms with Crippen LogP contribution in [0.1, 0.15) is 54.9 Å². The van der Waals surface area contributed by atoms with E-state index in [1.807, 2.05) is 30.3 Å². The normalized spacial score (nSPS) is 14.8. The van der Waals surface area contributed by atoms with Crippen LogP contribution in [0.2, 0.25) is 0 Å². The molecule has 7 nitrogen and oxygen atoms in total. The van der Waals surface area contributed by atoms with Crippen molar-refractivity contribution in [2.75, 3.05) is 18.6 Å². The lowest BCUT2D eigenvalue weighted by Gasteiger charge is -2.17. The first-order valence-corrected chi connectivity index (χ1v) is 12.6. The Morgan fingerprint density at radius 3 is 2.74 bits per heavy atom. The van der Waals surface area contributed by atoms with Crippen molar-refractivity contribution in [1.29, 1.82) is 0 Å². The fraction of sp³-hybridized carbons (Fsp3) is 0.609. The summed E-state index contributed by atoms with van der Waals surface area (Å²) in [7, 11) is 1.98. The van der Waals surface area contributed by atoms with Gasteiger partial charge in [-0.1, -0.05) is 12.1 Å². The Kier molecular flexibility index (Phi) is 9.06. The summed E-state index contributed by atoms with van der Waals surface area (Å²) in [4.78, 5) is 4.86. The molecule has 1 aliphatic rings. The molecule has 0 atom stereocenters. The van der Waals surface area contributed by atoms with Crippen molar-refractivity contribution >= 4 is 17.7 Å². The lowest BCUT2D eigenvalue weighted by Crippen LogP contribution is -2.38. The minimum atomic E-state index is 0.339. The van der Waals surface area contributed by atoms with Crippen LogP contribution in [0.25, 0.3) is 0 Å². The maximum atomic E-state index is 6.35. The van der Waals surface area contributed by atoms with Crippen molar-refractivity contribution in [3.8, 4) is 5.75 Å².